The molecule has 0 spiro atoms. The van der Waals surface area contributed by atoms with Crippen LogP contribution in [0.25, 0.3) is 0 Å². The molecule has 2 N–H and O–H groups in total. The van der Waals surface area contributed by atoms with Crippen LogP contribution in [0.15, 0.2) is 36.4 Å². The van der Waals surface area contributed by atoms with Gasteiger partial charge in [-0.1, -0.05) is 0 Å². The van der Waals surface area contributed by atoms with Crippen molar-refractivity contribution in [3.05, 3.63) is 76.9 Å². The van der Waals surface area contributed by atoms with Gasteiger partial charge in [-0.2, -0.15) is 0 Å². The number of nitrogens with one attached hydrogen (secondary N) is 2. The first-order valence-electron chi connectivity index (χ1n) is 9.15. The summed E-state index contributed by atoms with van der Waals surface area (Å²) in [5.41, 5.74) is -3.19. The number of nitrogens with zero attached hydrogens (tertiary/aromatic N) is 4. The highest BCUT2D eigenvalue weighted by molar-refractivity contribution is 5.86. The molecule has 18 heteroatoms. The monoisotopic (exact) mass is 494 g/mol. The van der Waals surface area contributed by atoms with Crippen molar-refractivity contribution >= 4 is 46.3 Å². The van der Waals surface area contributed by atoms with Crippen LogP contribution in [-0.2, 0) is 9.47 Å². The van der Waals surface area contributed by atoms with Gasteiger partial charge >= 0.3 is 12.2 Å². The fourth-order valence-corrected chi connectivity index (χ4v) is 2.47. The third kappa shape index (κ3) is 7.59. The topological polar surface area (TPSA) is 249 Å². The first-order valence-corrected chi connectivity index (χ1v) is 9.15. The molecule has 0 saturated heterocycles. The van der Waals surface area contributed by atoms with Crippen LogP contribution in [0.5, 0.6) is 0 Å². The molecular formula is C17H14N6O12. The van der Waals surface area contributed by atoms with Crippen molar-refractivity contribution < 1.29 is 38.8 Å². The standard InChI is InChI=1S/C17H14N6O12/c1-9(35-17(25)19-11-4-14(22(30)31)7-15(5-11)23(32)33)8-34-16(24)18-10-2-12(20(26)27)6-13(3-10)21(28)29/h2-7,9H,8H2,1H3,(H,18,24)(H,19,25). The summed E-state index contributed by atoms with van der Waals surface area (Å²) in [4.78, 5) is 63.8. The molecule has 0 aliphatic heterocycles. The van der Waals surface area contributed by atoms with Gasteiger partial charge < -0.3 is 9.47 Å². The van der Waals surface area contributed by atoms with E-state index in [-0.39, 0.29) is 11.4 Å². The predicted molar refractivity (Wildman–Crippen MR) is 114 cm³/mol. The molecule has 0 radical (unpaired) electrons. The van der Waals surface area contributed by atoms with Crippen molar-refractivity contribution in [2.24, 2.45) is 0 Å². The Labute approximate surface area is 193 Å². The number of anilines is 2. The molecule has 0 aliphatic carbocycles. The van der Waals surface area contributed by atoms with E-state index in [0.717, 1.165) is 24.3 Å². The van der Waals surface area contributed by atoms with E-state index in [0.29, 0.717) is 12.1 Å². The summed E-state index contributed by atoms with van der Waals surface area (Å²) >= 11 is 0. The van der Waals surface area contributed by atoms with E-state index in [9.17, 15) is 50.0 Å². The first kappa shape index (κ1) is 25.8. The van der Waals surface area contributed by atoms with Crippen LogP contribution in [0.2, 0.25) is 0 Å². The molecule has 2 rings (SSSR count). The number of amides is 2. The zero-order valence-electron chi connectivity index (χ0n) is 17.4. The van der Waals surface area contributed by atoms with Crippen molar-refractivity contribution in [1.29, 1.82) is 0 Å². The second kappa shape index (κ2) is 10.9. The molecule has 1 unspecified atom stereocenters. The van der Waals surface area contributed by atoms with E-state index < -0.39 is 67.3 Å². The highest BCUT2D eigenvalue weighted by Gasteiger charge is 2.20. The highest BCUT2D eigenvalue weighted by Crippen LogP contribution is 2.27. The number of benzene rings is 2. The largest absolute Gasteiger partial charge is 0.445 e. The lowest BCUT2D eigenvalue weighted by Gasteiger charge is -2.14. The molecule has 0 bridgehead atoms. The zero-order chi connectivity index (χ0) is 26.3. The number of rotatable bonds is 9. The van der Waals surface area contributed by atoms with Crippen molar-refractivity contribution in [2.45, 2.75) is 13.0 Å². The van der Waals surface area contributed by atoms with Crippen molar-refractivity contribution in [3.63, 3.8) is 0 Å². The van der Waals surface area contributed by atoms with Crippen LogP contribution in [0.3, 0.4) is 0 Å². The van der Waals surface area contributed by atoms with Gasteiger partial charge in [0.1, 0.15) is 12.7 Å². The van der Waals surface area contributed by atoms with E-state index >= 15 is 0 Å². The molecular weight excluding hydrogens is 480 g/mol. The summed E-state index contributed by atoms with van der Waals surface area (Å²) in [6, 6.07) is 4.84. The minimum Gasteiger partial charge on any atom is -0.445 e. The smallest absolute Gasteiger partial charge is 0.412 e. The van der Waals surface area contributed by atoms with Gasteiger partial charge in [0.25, 0.3) is 22.7 Å². The van der Waals surface area contributed by atoms with Crippen LogP contribution in [0, 0.1) is 40.5 Å². The number of carbonyl (C=O) groups excluding carboxylic acids is 2. The van der Waals surface area contributed by atoms with Crippen LogP contribution in [-0.4, -0.2) is 44.6 Å². The average Bonchev–Trinajstić information content (AvgIpc) is 2.76. The Morgan fingerprint density at radius 2 is 1.06 bits per heavy atom. The SMILES string of the molecule is CC(COC(=O)Nc1cc([N+](=O)[O-])cc([N+](=O)[O-])c1)OC(=O)Nc1cc([N+](=O)[O-])cc([N+](=O)[O-])c1. The van der Waals surface area contributed by atoms with E-state index in [1.807, 2.05) is 0 Å². The molecule has 184 valence electrons. The number of hydrogen-bond acceptors (Lipinski definition) is 12. The van der Waals surface area contributed by atoms with E-state index in [2.05, 4.69) is 10.6 Å². The number of ether oxygens (including phenoxy) is 2. The molecule has 2 aromatic carbocycles. The molecule has 0 aliphatic rings. The quantitative estimate of drug-likeness (QED) is 0.375. The average molecular weight is 494 g/mol. The van der Waals surface area contributed by atoms with Gasteiger partial charge in [-0.15, -0.1) is 0 Å². The lowest BCUT2D eigenvalue weighted by atomic mass is 10.2. The third-order valence-corrected chi connectivity index (χ3v) is 3.90. The van der Waals surface area contributed by atoms with Gasteiger partial charge in [-0.05, 0) is 6.92 Å². The van der Waals surface area contributed by atoms with Crippen LogP contribution in [0.1, 0.15) is 6.92 Å². The normalized spacial score (nSPS) is 11.0. The minimum absolute atomic E-state index is 0.297. The summed E-state index contributed by atoms with van der Waals surface area (Å²) in [6.07, 6.45) is -3.44. The molecule has 2 amide bonds. The fourth-order valence-electron chi connectivity index (χ4n) is 2.47. The summed E-state index contributed by atoms with van der Waals surface area (Å²) < 4.78 is 9.67. The summed E-state index contributed by atoms with van der Waals surface area (Å²) in [5.74, 6) is 0. The Bertz CT molecular complexity index is 1150. The fraction of sp³-hybridized carbons (Fsp3) is 0.176. The maximum absolute atomic E-state index is 12.0. The number of non-ortho nitro benzene ring substituents is 4. The Morgan fingerprint density at radius 1 is 0.714 bits per heavy atom. The maximum atomic E-state index is 12.0. The highest BCUT2D eigenvalue weighted by atomic mass is 16.6. The number of nitro benzene ring substituents is 4. The zero-order valence-corrected chi connectivity index (χ0v) is 17.4. The molecule has 0 fully saturated rings. The number of carbonyl (C=O) groups is 2. The van der Waals surface area contributed by atoms with Crippen molar-refractivity contribution in [3.8, 4) is 0 Å². The second-order valence-corrected chi connectivity index (χ2v) is 6.57. The van der Waals surface area contributed by atoms with Crippen LogP contribution in [0.4, 0.5) is 43.7 Å². The summed E-state index contributed by atoms with van der Waals surface area (Å²) in [7, 11) is 0. The number of hydrogen-bond donors (Lipinski definition) is 2. The van der Waals surface area contributed by atoms with Crippen molar-refractivity contribution in [1.82, 2.24) is 0 Å². The Kier molecular flexibility index (Phi) is 8.08. The Morgan fingerprint density at radius 3 is 1.40 bits per heavy atom. The third-order valence-electron chi connectivity index (χ3n) is 3.90. The van der Waals surface area contributed by atoms with E-state index in [1.165, 1.54) is 6.92 Å². The molecule has 0 heterocycles. The number of nitro groups is 4. The maximum Gasteiger partial charge on any atom is 0.412 e. The minimum atomic E-state index is -1.18. The van der Waals surface area contributed by atoms with Gasteiger partial charge in [0.2, 0.25) is 0 Å². The Balaban J connectivity index is 1.95. The van der Waals surface area contributed by atoms with Gasteiger partial charge in [0.15, 0.2) is 0 Å². The molecule has 35 heavy (non-hydrogen) atoms. The molecule has 0 saturated carbocycles. The van der Waals surface area contributed by atoms with E-state index in [1.54, 1.807) is 0 Å². The lowest BCUT2D eigenvalue weighted by molar-refractivity contribution is -0.394. The molecule has 1 atom stereocenters. The first-order chi connectivity index (χ1) is 16.3. The van der Waals surface area contributed by atoms with E-state index in [4.69, 9.17) is 9.47 Å². The van der Waals surface area contributed by atoms with Crippen LogP contribution < -0.4 is 10.6 Å². The van der Waals surface area contributed by atoms with Gasteiger partial charge in [0, 0.05) is 24.3 Å². The van der Waals surface area contributed by atoms with Crippen molar-refractivity contribution in [2.75, 3.05) is 17.2 Å². The van der Waals surface area contributed by atoms with Gasteiger partial charge in [-0.25, -0.2) is 9.59 Å². The van der Waals surface area contributed by atoms with Gasteiger partial charge in [0.05, 0.1) is 43.2 Å². The molecule has 18 nitrogen and oxygen atoms in total. The molecule has 2 aromatic rings. The Hall–Kier alpha value is -5.42. The lowest BCUT2D eigenvalue weighted by Crippen LogP contribution is -2.26. The summed E-state index contributed by atoms with van der Waals surface area (Å²) in [6.45, 7) is 0.756. The molecule has 0 aromatic heterocycles. The predicted octanol–water partition coefficient (Wildman–Crippen LogP) is 3.51. The summed E-state index contributed by atoms with van der Waals surface area (Å²) in [5, 5.41) is 47.7. The van der Waals surface area contributed by atoms with Crippen LogP contribution >= 0.6 is 0 Å². The van der Waals surface area contributed by atoms with Gasteiger partial charge in [-0.3, -0.25) is 51.1 Å². The second-order valence-electron chi connectivity index (χ2n) is 6.57.